The van der Waals surface area contributed by atoms with Crippen LogP contribution in [0, 0.1) is 0 Å². The van der Waals surface area contributed by atoms with Gasteiger partial charge in [0.1, 0.15) is 19.3 Å². The molecule has 2 unspecified atom stereocenters. The Morgan fingerprint density at radius 3 is 0.670 bits per heavy atom. The molecule has 5 atom stereocenters. The molecule has 0 aliphatic carbocycles. The highest BCUT2D eigenvalue weighted by Crippen LogP contribution is 2.45. The van der Waals surface area contributed by atoms with E-state index in [1.807, 2.05) is 0 Å². The third-order valence-electron chi connectivity index (χ3n) is 16.1. The fourth-order valence-corrected chi connectivity index (χ4v) is 12.1. The number of hydrogen-bond donors (Lipinski definition) is 3. The average Bonchev–Trinajstić information content (AvgIpc) is 3.68. The molecular weight excluding hydrogens is 1160 g/mol. The first-order chi connectivity index (χ1) is 42.7. The van der Waals surface area contributed by atoms with Gasteiger partial charge in [0.25, 0.3) is 0 Å². The van der Waals surface area contributed by atoms with Crippen LogP contribution in [0.15, 0.2) is 0 Å². The van der Waals surface area contributed by atoms with E-state index in [1.54, 1.807) is 0 Å². The van der Waals surface area contributed by atoms with E-state index < -0.39 is 97.5 Å². The van der Waals surface area contributed by atoms with E-state index in [0.717, 1.165) is 89.9 Å². The maximum atomic E-state index is 13.0. The Morgan fingerprint density at radius 1 is 0.273 bits per heavy atom. The Morgan fingerprint density at radius 2 is 0.455 bits per heavy atom. The summed E-state index contributed by atoms with van der Waals surface area (Å²) < 4.78 is 68.1. The lowest BCUT2D eigenvalue weighted by molar-refractivity contribution is -0.161. The monoisotopic (exact) mass is 1300 g/mol. The van der Waals surface area contributed by atoms with Gasteiger partial charge in [-0.15, -0.1) is 0 Å². The van der Waals surface area contributed by atoms with E-state index >= 15 is 0 Å². The number of rotatable bonds is 70. The van der Waals surface area contributed by atoms with Gasteiger partial charge in [-0.05, 0) is 25.7 Å². The lowest BCUT2D eigenvalue weighted by Gasteiger charge is -2.21. The van der Waals surface area contributed by atoms with Crippen LogP contribution in [0.4, 0.5) is 0 Å². The van der Waals surface area contributed by atoms with Crippen molar-refractivity contribution >= 4 is 39.5 Å². The number of carbonyl (C=O) groups excluding carboxylic acids is 4. The maximum absolute atomic E-state index is 13.0. The van der Waals surface area contributed by atoms with Crippen LogP contribution in [-0.4, -0.2) is 96.7 Å². The minimum absolute atomic E-state index is 0.106. The van der Waals surface area contributed by atoms with Gasteiger partial charge in [0.15, 0.2) is 12.2 Å². The summed E-state index contributed by atoms with van der Waals surface area (Å²) in [5.74, 6) is -2.12. The molecular formula is C69H134O17P2. The van der Waals surface area contributed by atoms with E-state index in [2.05, 4.69) is 27.7 Å². The maximum Gasteiger partial charge on any atom is 0.472 e. The zero-order valence-corrected chi connectivity index (χ0v) is 58.5. The van der Waals surface area contributed by atoms with Crippen molar-refractivity contribution < 1.29 is 80.2 Å². The van der Waals surface area contributed by atoms with Crippen LogP contribution >= 0.6 is 15.6 Å². The Bertz CT molecular complexity index is 1690. The van der Waals surface area contributed by atoms with Crippen molar-refractivity contribution in [3.8, 4) is 0 Å². The fourth-order valence-electron chi connectivity index (χ4n) is 10.5. The summed E-state index contributed by atoms with van der Waals surface area (Å²) in [7, 11) is -9.89. The average molecular weight is 1300 g/mol. The number of phosphoric acid groups is 2. The summed E-state index contributed by atoms with van der Waals surface area (Å²) >= 11 is 0. The van der Waals surface area contributed by atoms with Crippen LogP contribution in [0.2, 0.25) is 0 Å². The summed E-state index contributed by atoms with van der Waals surface area (Å²) in [6.45, 7) is 4.91. The molecule has 0 saturated carbocycles. The molecule has 0 aromatic heterocycles. The fraction of sp³-hybridized carbons (Fsp3) is 0.942. The molecule has 17 nitrogen and oxygen atoms in total. The van der Waals surface area contributed by atoms with Crippen molar-refractivity contribution in [2.75, 3.05) is 39.6 Å². The highest BCUT2D eigenvalue weighted by molar-refractivity contribution is 7.47. The molecule has 88 heavy (non-hydrogen) atoms. The SMILES string of the molecule is CCCCCCCCCCCCCCCCCCCCC(=O)O[C@H](COC(=O)CCCCCCCCCCCCCC)COP(=O)(O)OC[C@@H](O)COP(=O)(O)OC[C@@H](COC(=O)CCCCCCCCCCC)OC(=O)CCCCCCCCCCC. The molecule has 0 rings (SSSR count). The first-order valence-corrected chi connectivity index (χ1v) is 39.3. The van der Waals surface area contributed by atoms with Crippen molar-refractivity contribution in [1.29, 1.82) is 0 Å². The number of esters is 4. The van der Waals surface area contributed by atoms with Gasteiger partial charge in [-0.3, -0.25) is 37.3 Å². The van der Waals surface area contributed by atoms with Crippen LogP contribution in [0.25, 0.3) is 0 Å². The number of unbranched alkanes of at least 4 members (excludes halogenated alkanes) is 44. The van der Waals surface area contributed by atoms with Gasteiger partial charge in [0.2, 0.25) is 0 Å². The first-order valence-electron chi connectivity index (χ1n) is 36.3. The predicted octanol–water partition coefficient (Wildman–Crippen LogP) is 19.9. The van der Waals surface area contributed by atoms with Crippen LogP contribution in [-0.2, 0) is 65.4 Å². The van der Waals surface area contributed by atoms with Crippen molar-refractivity contribution in [1.82, 2.24) is 0 Å². The van der Waals surface area contributed by atoms with Gasteiger partial charge < -0.3 is 33.8 Å². The number of carbonyl (C=O) groups is 4. The van der Waals surface area contributed by atoms with Crippen molar-refractivity contribution in [2.45, 2.75) is 380 Å². The molecule has 0 saturated heterocycles. The minimum Gasteiger partial charge on any atom is -0.462 e. The number of aliphatic hydroxyl groups is 1. The number of aliphatic hydroxyl groups excluding tert-OH is 1. The van der Waals surface area contributed by atoms with Gasteiger partial charge in [0, 0.05) is 25.7 Å². The van der Waals surface area contributed by atoms with E-state index in [0.29, 0.717) is 25.7 Å². The second-order valence-corrected chi connectivity index (χ2v) is 27.8. The first kappa shape index (κ1) is 86.1. The smallest absolute Gasteiger partial charge is 0.462 e. The molecule has 0 radical (unpaired) electrons. The van der Waals surface area contributed by atoms with Crippen molar-refractivity contribution in [2.24, 2.45) is 0 Å². The van der Waals surface area contributed by atoms with Crippen LogP contribution in [0.3, 0.4) is 0 Å². The lowest BCUT2D eigenvalue weighted by Crippen LogP contribution is -2.30. The molecule has 0 aliphatic rings. The van der Waals surface area contributed by atoms with E-state index in [-0.39, 0.29) is 25.7 Å². The normalized spacial score (nSPS) is 14.0. The second kappa shape index (κ2) is 63.8. The van der Waals surface area contributed by atoms with Gasteiger partial charge in [-0.25, -0.2) is 9.13 Å². The Labute approximate surface area is 537 Å². The molecule has 19 heteroatoms. The highest BCUT2D eigenvalue weighted by Gasteiger charge is 2.30. The molecule has 3 N–H and O–H groups in total. The van der Waals surface area contributed by atoms with Crippen molar-refractivity contribution in [3.63, 3.8) is 0 Å². The molecule has 0 aromatic rings. The summed E-state index contributed by atoms with van der Waals surface area (Å²) in [5, 5.41) is 10.6. The zero-order chi connectivity index (χ0) is 64.7. The molecule has 0 aromatic carbocycles. The lowest BCUT2D eigenvalue weighted by atomic mass is 10.0. The Balaban J connectivity index is 5.19. The summed E-state index contributed by atoms with van der Waals surface area (Å²) in [6.07, 6.45) is 51.3. The third-order valence-corrected chi connectivity index (χ3v) is 18.0. The quantitative estimate of drug-likeness (QED) is 0.0222. The second-order valence-electron chi connectivity index (χ2n) is 24.9. The predicted molar refractivity (Wildman–Crippen MR) is 354 cm³/mol. The minimum atomic E-state index is -4.95. The zero-order valence-electron chi connectivity index (χ0n) is 56.7. The van der Waals surface area contributed by atoms with Gasteiger partial charge in [-0.1, -0.05) is 310 Å². The van der Waals surface area contributed by atoms with Crippen LogP contribution < -0.4 is 0 Å². The third kappa shape index (κ3) is 62.8. The molecule has 0 fully saturated rings. The molecule has 0 aliphatic heterocycles. The highest BCUT2D eigenvalue weighted by atomic mass is 31.2. The molecule has 0 amide bonds. The summed E-state index contributed by atoms with van der Waals surface area (Å²) in [4.78, 5) is 72.4. The molecule has 522 valence electrons. The topological polar surface area (TPSA) is 237 Å². The Kier molecular flexibility index (Phi) is 62.4. The van der Waals surface area contributed by atoms with E-state index in [9.17, 15) is 43.2 Å². The van der Waals surface area contributed by atoms with E-state index in [4.69, 9.17) is 37.0 Å². The van der Waals surface area contributed by atoms with E-state index in [1.165, 1.54) is 193 Å². The van der Waals surface area contributed by atoms with Crippen LogP contribution in [0.1, 0.15) is 362 Å². The van der Waals surface area contributed by atoms with Gasteiger partial charge in [0.05, 0.1) is 26.4 Å². The number of ether oxygens (including phenoxy) is 4. The van der Waals surface area contributed by atoms with Gasteiger partial charge in [-0.2, -0.15) is 0 Å². The number of hydrogen-bond acceptors (Lipinski definition) is 15. The largest absolute Gasteiger partial charge is 0.472 e. The molecule has 0 bridgehead atoms. The Hall–Kier alpha value is -1.94. The summed E-state index contributed by atoms with van der Waals surface area (Å²) in [5.41, 5.74) is 0. The standard InChI is InChI=1S/C69H134O17P2/c1-5-9-13-17-21-25-27-29-30-31-32-33-34-36-40-44-48-52-56-69(74)86-65(60-80-67(72)54-50-46-42-39-35-28-26-22-18-14-10-6-2)62-84-88(77,78)82-58-63(70)57-81-87(75,76)83-61-64(85-68(73)55-51-47-43-38-24-20-16-12-8-4)59-79-66(71)53-49-45-41-37-23-19-15-11-7-3/h63-65,70H,5-62H2,1-4H3,(H,75,76)(H,77,78)/t63-,64+,65+/m0/s1. The molecule has 0 heterocycles. The van der Waals surface area contributed by atoms with Crippen molar-refractivity contribution in [3.05, 3.63) is 0 Å². The molecule has 0 spiro atoms. The number of phosphoric ester groups is 2. The van der Waals surface area contributed by atoms with Gasteiger partial charge >= 0.3 is 39.5 Å². The van der Waals surface area contributed by atoms with Crippen LogP contribution in [0.5, 0.6) is 0 Å². The summed E-state index contributed by atoms with van der Waals surface area (Å²) in [6, 6.07) is 0.